The van der Waals surface area contributed by atoms with Gasteiger partial charge in [-0.3, -0.25) is 0 Å². The molecule has 34 heavy (non-hydrogen) atoms. The van der Waals surface area contributed by atoms with Gasteiger partial charge in [-0.2, -0.15) is 5.10 Å². The quantitative estimate of drug-likeness (QED) is 0.306. The largest absolute Gasteiger partial charge is 0.491 e. The summed E-state index contributed by atoms with van der Waals surface area (Å²) in [4.78, 5) is 7.02. The van der Waals surface area contributed by atoms with E-state index in [2.05, 4.69) is 71.8 Å². The van der Waals surface area contributed by atoms with Crippen LogP contribution in [0.1, 0.15) is 40.7 Å². The number of likely N-dealkylation sites (N-methyl/N-ethyl adjacent to an activating group) is 1. The molecule has 0 aliphatic heterocycles. The second-order valence-corrected chi connectivity index (χ2v) is 16.2. The Hall–Kier alpha value is -1.93. The fraction of sp³-hybridized carbons (Fsp3) is 0.538. The van der Waals surface area contributed by atoms with Gasteiger partial charge in [0.15, 0.2) is 14.0 Å². The highest BCUT2D eigenvalue weighted by Crippen LogP contribution is 2.37. The van der Waals surface area contributed by atoms with Crippen molar-refractivity contribution in [3.05, 3.63) is 41.6 Å². The van der Waals surface area contributed by atoms with Crippen molar-refractivity contribution in [3.63, 3.8) is 0 Å². The first-order valence-corrected chi connectivity index (χ1v) is 15.2. The lowest BCUT2D eigenvalue weighted by atomic mass is 10.1. The van der Waals surface area contributed by atoms with Crippen LogP contribution < -0.4 is 4.74 Å². The van der Waals surface area contributed by atoms with Crippen LogP contribution in [0.25, 0.3) is 22.3 Å². The van der Waals surface area contributed by atoms with Crippen LogP contribution in [0, 0.1) is 0 Å². The Morgan fingerprint density at radius 2 is 1.85 bits per heavy atom. The highest BCUT2D eigenvalue weighted by molar-refractivity contribution is 6.74. The molecule has 2 aromatic heterocycles. The lowest BCUT2D eigenvalue weighted by Crippen LogP contribution is -2.48. The lowest BCUT2D eigenvalue weighted by Gasteiger charge is -2.39. The van der Waals surface area contributed by atoms with E-state index in [9.17, 15) is 0 Å². The Morgan fingerprint density at radius 1 is 1.15 bits per heavy atom. The number of pyridine rings is 1. The molecule has 0 fully saturated rings. The standard InChI is InChI=1S/C26H39ClN4O2Si/c1-18(2)31-25-22(15-28-31)23(27)14-24(29-25)19-11-10-12-20(13-19)32-17-21(16-30(6)7)33-34(8,9)26(3,4)5/h10-15,18,21H,16-17H2,1-9H3. The summed E-state index contributed by atoms with van der Waals surface area (Å²) >= 11 is 6.58. The summed E-state index contributed by atoms with van der Waals surface area (Å²) in [6, 6.07) is 10.1. The van der Waals surface area contributed by atoms with Gasteiger partial charge in [-0.15, -0.1) is 0 Å². The number of fused-ring (bicyclic) bond motifs is 1. The van der Waals surface area contributed by atoms with Gasteiger partial charge in [-0.1, -0.05) is 44.5 Å². The number of ether oxygens (including phenoxy) is 1. The van der Waals surface area contributed by atoms with E-state index in [0.29, 0.717) is 11.6 Å². The SMILES string of the molecule is CC(C)n1ncc2c(Cl)cc(-c3cccc(OCC(CN(C)C)O[Si](C)(C)C(C)(C)C)c3)nc21. The highest BCUT2D eigenvalue weighted by Gasteiger charge is 2.39. The predicted molar refractivity (Wildman–Crippen MR) is 144 cm³/mol. The van der Waals surface area contributed by atoms with E-state index < -0.39 is 8.32 Å². The number of benzene rings is 1. The van der Waals surface area contributed by atoms with Gasteiger partial charge in [0, 0.05) is 18.2 Å². The first kappa shape index (κ1) is 26.7. The molecule has 3 rings (SSSR count). The average molecular weight is 503 g/mol. The molecule has 1 unspecified atom stereocenters. The van der Waals surface area contributed by atoms with Crippen molar-refractivity contribution in [2.24, 2.45) is 0 Å². The number of rotatable bonds is 9. The maximum atomic E-state index is 6.67. The number of halogens is 1. The third-order valence-electron chi connectivity index (χ3n) is 6.41. The third-order valence-corrected chi connectivity index (χ3v) is 11.3. The zero-order valence-electron chi connectivity index (χ0n) is 22.0. The van der Waals surface area contributed by atoms with Gasteiger partial charge in [0.25, 0.3) is 0 Å². The molecule has 0 amide bonds. The first-order chi connectivity index (χ1) is 15.8. The van der Waals surface area contributed by atoms with Crippen molar-refractivity contribution >= 4 is 31.0 Å². The summed E-state index contributed by atoms with van der Waals surface area (Å²) in [6.45, 7) is 16.8. The Bertz CT molecular complexity index is 1120. The summed E-state index contributed by atoms with van der Waals surface area (Å²) in [5, 5.41) is 6.11. The van der Waals surface area contributed by atoms with E-state index in [1.807, 2.05) is 35.0 Å². The zero-order chi connectivity index (χ0) is 25.3. The monoisotopic (exact) mass is 502 g/mol. The highest BCUT2D eigenvalue weighted by atomic mass is 35.5. The molecule has 0 saturated carbocycles. The smallest absolute Gasteiger partial charge is 0.192 e. The fourth-order valence-corrected chi connectivity index (χ4v) is 5.13. The molecule has 6 nitrogen and oxygen atoms in total. The van der Waals surface area contributed by atoms with E-state index >= 15 is 0 Å². The molecule has 0 radical (unpaired) electrons. The topological polar surface area (TPSA) is 52.4 Å². The van der Waals surface area contributed by atoms with E-state index in [1.165, 1.54) is 0 Å². The van der Waals surface area contributed by atoms with Crippen molar-refractivity contribution < 1.29 is 9.16 Å². The molecule has 186 valence electrons. The molecule has 0 bridgehead atoms. The number of hydrogen-bond donors (Lipinski definition) is 0. The lowest BCUT2D eigenvalue weighted by molar-refractivity contribution is 0.0907. The van der Waals surface area contributed by atoms with Crippen LogP contribution in [0.3, 0.4) is 0 Å². The van der Waals surface area contributed by atoms with Crippen molar-refractivity contribution in [2.45, 2.75) is 64.9 Å². The molecule has 2 heterocycles. The number of hydrogen-bond acceptors (Lipinski definition) is 5. The van der Waals surface area contributed by atoms with Gasteiger partial charge in [-0.25, -0.2) is 9.67 Å². The summed E-state index contributed by atoms with van der Waals surface area (Å²) in [6.07, 6.45) is 1.77. The summed E-state index contributed by atoms with van der Waals surface area (Å²) in [7, 11) is 2.21. The normalized spacial score (nSPS) is 13.8. The Labute approximate surface area is 210 Å². The van der Waals surface area contributed by atoms with Gasteiger partial charge >= 0.3 is 0 Å². The van der Waals surface area contributed by atoms with Gasteiger partial charge in [0.2, 0.25) is 0 Å². The fourth-order valence-electron chi connectivity index (χ4n) is 3.56. The molecular formula is C26H39ClN4O2Si. The Balaban J connectivity index is 1.83. The minimum absolute atomic E-state index is 0.0103. The zero-order valence-corrected chi connectivity index (χ0v) is 23.8. The summed E-state index contributed by atoms with van der Waals surface area (Å²) in [5.41, 5.74) is 2.54. The van der Waals surface area contributed by atoms with Crippen LogP contribution in [0.2, 0.25) is 23.2 Å². The first-order valence-electron chi connectivity index (χ1n) is 11.9. The van der Waals surface area contributed by atoms with Gasteiger partial charge < -0.3 is 14.1 Å². The Kier molecular flexibility index (Phi) is 8.13. The van der Waals surface area contributed by atoms with Crippen molar-refractivity contribution in [3.8, 4) is 17.0 Å². The number of nitrogens with zero attached hydrogens (tertiary/aromatic N) is 4. The van der Waals surface area contributed by atoms with Crippen molar-refractivity contribution in [2.75, 3.05) is 27.2 Å². The molecule has 8 heteroatoms. The molecule has 3 aromatic rings. The van der Waals surface area contributed by atoms with Crippen LogP contribution in [0.4, 0.5) is 0 Å². The van der Waals surface area contributed by atoms with Crippen LogP contribution >= 0.6 is 11.6 Å². The second kappa shape index (κ2) is 10.4. The van der Waals surface area contributed by atoms with Gasteiger partial charge in [-0.05, 0) is 64.3 Å². The minimum atomic E-state index is -1.92. The van der Waals surface area contributed by atoms with Crippen LogP contribution in [-0.4, -0.2) is 61.3 Å². The van der Waals surface area contributed by atoms with Crippen LogP contribution in [-0.2, 0) is 4.43 Å². The van der Waals surface area contributed by atoms with Crippen molar-refractivity contribution in [1.29, 1.82) is 0 Å². The molecule has 0 saturated heterocycles. The van der Waals surface area contributed by atoms with E-state index in [1.54, 1.807) is 6.20 Å². The van der Waals surface area contributed by atoms with Crippen LogP contribution in [0.15, 0.2) is 36.5 Å². The summed E-state index contributed by atoms with van der Waals surface area (Å²) in [5.74, 6) is 0.787. The maximum absolute atomic E-state index is 6.67. The van der Waals surface area contributed by atoms with E-state index in [0.717, 1.165) is 34.6 Å². The predicted octanol–water partition coefficient (Wildman–Crippen LogP) is 6.66. The third kappa shape index (κ3) is 6.19. The Morgan fingerprint density at radius 3 is 2.47 bits per heavy atom. The average Bonchev–Trinajstić information content (AvgIpc) is 3.16. The molecule has 1 atom stereocenters. The van der Waals surface area contributed by atoms with Crippen LogP contribution in [0.5, 0.6) is 5.75 Å². The molecular weight excluding hydrogens is 464 g/mol. The second-order valence-electron chi connectivity index (χ2n) is 11.0. The molecule has 0 aliphatic rings. The van der Waals surface area contributed by atoms with Crippen molar-refractivity contribution in [1.82, 2.24) is 19.7 Å². The molecule has 0 aliphatic carbocycles. The molecule has 1 aromatic carbocycles. The van der Waals surface area contributed by atoms with E-state index in [4.69, 9.17) is 25.7 Å². The van der Waals surface area contributed by atoms with Gasteiger partial charge in [0.1, 0.15) is 12.4 Å². The van der Waals surface area contributed by atoms with Gasteiger partial charge in [0.05, 0.1) is 28.4 Å². The molecule has 0 N–H and O–H groups in total. The molecule has 0 spiro atoms. The minimum Gasteiger partial charge on any atom is -0.491 e. The summed E-state index contributed by atoms with van der Waals surface area (Å²) < 4.78 is 14.8. The van der Waals surface area contributed by atoms with E-state index in [-0.39, 0.29) is 17.2 Å². The maximum Gasteiger partial charge on any atom is 0.192 e. The number of aromatic nitrogens is 3.